The molecule has 0 N–H and O–H groups in total. The zero-order chi connectivity index (χ0) is 24.6. The first-order valence-electron chi connectivity index (χ1n) is 12.4. The van der Waals surface area contributed by atoms with Crippen LogP contribution in [0.2, 0.25) is 0 Å². The number of hydrogen-bond acceptors (Lipinski definition) is 6. The maximum atomic E-state index is 13.5. The molecule has 180 valence electrons. The van der Waals surface area contributed by atoms with Crippen molar-refractivity contribution in [1.82, 2.24) is 14.9 Å². The number of carbonyl (C=O) groups is 3. The van der Waals surface area contributed by atoms with Crippen LogP contribution < -0.4 is 0 Å². The molecule has 36 heavy (non-hydrogen) atoms. The Morgan fingerprint density at radius 3 is 2.36 bits per heavy atom. The van der Waals surface area contributed by atoms with Gasteiger partial charge in [-0.1, -0.05) is 53.7 Å². The average molecular weight is 480 g/mol. The number of aromatic nitrogens is 3. The lowest BCUT2D eigenvalue weighted by Gasteiger charge is -2.23. The predicted molar refractivity (Wildman–Crippen MR) is 131 cm³/mol. The standard InChI is InChI=1S/C29H25N3O4/c33-24-12-7-13-26-28(24)22(31-36-26)15-14-21-27-23(32(30-21)29(35)19-10-5-2-6-11-19)16-20(17-25(27)34)18-8-3-1-4-9-18/h1-6,8-11,20H,7,12-17H2. The molecule has 0 amide bonds. The number of carbonyl (C=O) groups excluding carboxylic acids is 3. The molecular weight excluding hydrogens is 454 g/mol. The van der Waals surface area contributed by atoms with Gasteiger partial charge in [0.05, 0.1) is 28.2 Å². The molecular formula is C29H25N3O4. The van der Waals surface area contributed by atoms with E-state index in [0.717, 1.165) is 12.0 Å². The molecule has 1 unspecified atom stereocenters. The van der Waals surface area contributed by atoms with Gasteiger partial charge in [-0.05, 0) is 49.3 Å². The minimum absolute atomic E-state index is 0.00882. The molecule has 2 aliphatic rings. The maximum absolute atomic E-state index is 13.5. The fourth-order valence-corrected chi connectivity index (χ4v) is 5.44. The van der Waals surface area contributed by atoms with E-state index in [0.29, 0.717) is 78.1 Å². The normalized spacial score (nSPS) is 17.1. The lowest BCUT2D eigenvalue weighted by molar-refractivity contribution is 0.0934. The number of aryl methyl sites for hydroxylation is 3. The molecule has 7 heteroatoms. The zero-order valence-electron chi connectivity index (χ0n) is 19.8. The van der Waals surface area contributed by atoms with Gasteiger partial charge in [-0.15, -0.1) is 0 Å². The van der Waals surface area contributed by atoms with Crippen LogP contribution in [0, 0.1) is 0 Å². The van der Waals surface area contributed by atoms with E-state index in [1.807, 2.05) is 48.5 Å². The van der Waals surface area contributed by atoms with Crippen molar-refractivity contribution in [1.29, 1.82) is 0 Å². The number of rotatable bonds is 5. The fourth-order valence-electron chi connectivity index (χ4n) is 5.44. The Kier molecular flexibility index (Phi) is 5.68. The third-order valence-electron chi connectivity index (χ3n) is 7.21. The van der Waals surface area contributed by atoms with E-state index in [1.54, 1.807) is 12.1 Å². The number of ketones is 2. The van der Waals surface area contributed by atoms with Crippen molar-refractivity contribution in [3.8, 4) is 0 Å². The minimum atomic E-state index is -0.256. The molecule has 0 saturated carbocycles. The van der Waals surface area contributed by atoms with E-state index in [1.165, 1.54) is 4.68 Å². The second-order valence-corrected chi connectivity index (χ2v) is 9.49. The van der Waals surface area contributed by atoms with Crippen LogP contribution in [0.5, 0.6) is 0 Å². The summed E-state index contributed by atoms with van der Waals surface area (Å²) in [5.74, 6) is 0.424. The summed E-state index contributed by atoms with van der Waals surface area (Å²) >= 11 is 0. The molecule has 4 aromatic rings. The summed E-state index contributed by atoms with van der Waals surface area (Å²) in [5.41, 5.74) is 4.55. The van der Waals surface area contributed by atoms with Gasteiger partial charge in [0.2, 0.25) is 0 Å². The highest BCUT2D eigenvalue weighted by molar-refractivity contribution is 6.03. The summed E-state index contributed by atoms with van der Waals surface area (Å²) in [7, 11) is 0. The Balaban J connectivity index is 1.37. The second-order valence-electron chi connectivity index (χ2n) is 9.49. The largest absolute Gasteiger partial charge is 0.360 e. The third-order valence-corrected chi connectivity index (χ3v) is 7.21. The van der Waals surface area contributed by atoms with Gasteiger partial charge in [0, 0.05) is 24.8 Å². The Bertz CT molecular complexity index is 1470. The molecule has 7 nitrogen and oxygen atoms in total. The first-order valence-corrected chi connectivity index (χ1v) is 12.4. The molecule has 2 heterocycles. The first kappa shape index (κ1) is 22.3. The first-order chi connectivity index (χ1) is 17.6. The van der Waals surface area contributed by atoms with Gasteiger partial charge >= 0.3 is 0 Å². The number of fused-ring (bicyclic) bond motifs is 2. The van der Waals surface area contributed by atoms with Crippen molar-refractivity contribution in [2.75, 3.05) is 0 Å². The number of benzene rings is 2. The Morgan fingerprint density at radius 2 is 1.58 bits per heavy atom. The van der Waals surface area contributed by atoms with Gasteiger partial charge in [-0.2, -0.15) is 9.78 Å². The Hall–Kier alpha value is -4.13. The van der Waals surface area contributed by atoms with Gasteiger partial charge in [-0.25, -0.2) is 0 Å². The summed E-state index contributed by atoms with van der Waals surface area (Å²) in [6.45, 7) is 0. The molecule has 0 aliphatic heterocycles. The van der Waals surface area contributed by atoms with Gasteiger partial charge in [0.25, 0.3) is 5.91 Å². The van der Waals surface area contributed by atoms with Crippen LogP contribution >= 0.6 is 0 Å². The Labute approximate surface area is 208 Å². The molecule has 0 radical (unpaired) electrons. The minimum Gasteiger partial charge on any atom is -0.360 e. The van der Waals surface area contributed by atoms with Crippen LogP contribution in [0.25, 0.3) is 0 Å². The van der Waals surface area contributed by atoms with Crippen molar-refractivity contribution in [2.45, 2.75) is 50.9 Å². The second kappa shape index (κ2) is 9.15. The number of nitrogens with zero attached hydrogens (tertiary/aromatic N) is 3. The van der Waals surface area contributed by atoms with Crippen molar-refractivity contribution in [2.24, 2.45) is 0 Å². The average Bonchev–Trinajstić information content (AvgIpc) is 3.50. The molecule has 2 aromatic carbocycles. The van der Waals surface area contributed by atoms with Crippen LogP contribution in [-0.4, -0.2) is 32.4 Å². The van der Waals surface area contributed by atoms with Crippen molar-refractivity contribution >= 4 is 17.5 Å². The summed E-state index contributed by atoms with van der Waals surface area (Å²) in [6.07, 6.45) is 3.71. The quantitative estimate of drug-likeness (QED) is 0.409. The molecule has 2 aliphatic carbocycles. The lowest BCUT2D eigenvalue weighted by Crippen LogP contribution is -2.24. The molecule has 0 saturated heterocycles. The van der Waals surface area contributed by atoms with Gasteiger partial charge in [0.1, 0.15) is 5.76 Å². The lowest BCUT2D eigenvalue weighted by atomic mass is 9.81. The third kappa shape index (κ3) is 3.90. The summed E-state index contributed by atoms with van der Waals surface area (Å²) < 4.78 is 6.84. The molecule has 0 fully saturated rings. The van der Waals surface area contributed by atoms with Crippen LogP contribution in [0.15, 0.2) is 65.2 Å². The van der Waals surface area contributed by atoms with Gasteiger partial charge in [0.15, 0.2) is 11.6 Å². The van der Waals surface area contributed by atoms with Gasteiger partial charge in [-0.3, -0.25) is 14.4 Å². The van der Waals surface area contributed by atoms with Crippen molar-refractivity contribution < 1.29 is 18.9 Å². The summed E-state index contributed by atoms with van der Waals surface area (Å²) in [4.78, 5) is 39.4. The van der Waals surface area contributed by atoms with Crippen molar-refractivity contribution in [3.63, 3.8) is 0 Å². The topological polar surface area (TPSA) is 95.1 Å². The molecule has 0 bridgehead atoms. The van der Waals surface area contributed by atoms with Crippen LogP contribution in [0.1, 0.15) is 84.7 Å². The Morgan fingerprint density at radius 1 is 0.861 bits per heavy atom. The smallest absolute Gasteiger partial charge is 0.278 e. The maximum Gasteiger partial charge on any atom is 0.278 e. The van der Waals surface area contributed by atoms with Crippen LogP contribution in [0.3, 0.4) is 0 Å². The van der Waals surface area contributed by atoms with E-state index in [2.05, 4.69) is 10.3 Å². The van der Waals surface area contributed by atoms with E-state index < -0.39 is 0 Å². The molecule has 2 aromatic heterocycles. The fraction of sp³-hybridized carbons (Fsp3) is 0.276. The zero-order valence-corrected chi connectivity index (χ0v) is 19.8. The van der Waals surface area contributed by atoms with Crippen LogP contribution in [-0.2, 0) is 25.7 Å². The van der Waals surface area contributed by atoms with E-state index >= 15 is 0 Å². The van der Waals surface area contributed by atoms with Crippen LogP contribution in [0.4, 0.5) is 0 Å². The highest BCUT2D eigenvalue weighted by Crippen LogP contribution is 2.35. The van der Waals surface area contributed by atoms with Crippen molar-refractivity contribution in [3.05, 3.63) is 106 Å². The highest BCUT2D eigenvalue weighted by Gasteiger charge is 2.35. The van der Waals surface area contributed by atoms with E-state index in [4.69, 9.17) is 4.52 Å². The molecule has 1 atom stereocenters. The molecule has 0 spiro atoms. The monoisotopic (exact) mass is 479 g/mol. The summed E-state index contributed by atoms with van der Waals surface area (Å²) in [5, 5.41) is 8.83. The number of Topliss-reactive ketones (excluding diaryl/α,β-unsaturated/α-hetero) is 2. The number of hydrogen-bond donors (Lipinski definition) is 0. The van der Waals surface area contributed by atoms with E-state index in [9.17, 15) is 14.4 Å². The SMILES string of the molecule is O=C1CCCc2onc(CCc3nn(C(=O)c4ccccc4)c4c3C(=O)CC(c3ccccc3)C4)c21. The van der Waals surface area contributed by atoms with E-state index in [-0.39, 0.29) is 23.4 Å². The summed E-state index contributed by atoms with van der Waals surface area (Å²) in [6, 6.07) is 18.9. The predicted octanol–water partition coefficient (Wildman–Crippen LogP) is 4.78. The highest BCUT2D eigenvalue weighted by atomic mass is 16.5. The molecule has 6 rings (SSSR count). The van der Waals surface area contributed by atoms with Gasteiger partial charge < -0.3 is 4.52 Å².